The summed E-state index contributed by atoms with van der Waals surface area (Å²) in [6, 6.07) is 5.77. The van der Waals surface area contributed by atoms with E-state index in [0.717, 1.165) is 25.0 Å². The minimum Gasteiger partial charge on any atom is -0.330 e. The molecular formula is C15H23N3O. The van der Waals surface area contributed by atoms with Gasteiger partial charge >= 0.3 is 0 Å². The van der Waals surface area contributed by atoms with Gasteiger partial charge in [0.05, 0.1) is 18.3 Å². The Bertz CT molecular complexity index is 430. The van der Waals surface area contributed by atoms with Gasteiger partial charge in [0.25, 0.3) is 0 Å². The van der Waals surface area contributed by atoms with E-state index in [0.29, 0.717) is 6.54 Å². The molecule has 1 N–H and O–H groups in total. The van der Waals surface area contributed by atoms with Crippen molar-refractivity contribution in [2.75, 3.05) is 7.05 Å². The largest absolute Gasteiger partial charge is 0.330 e. The Morgan fingerprint density at radius 3 is 2.89 bits per heavy atom. The summed E-state index contributed by atoms with van der Waals surface area (Å²) in [5.74, 6) is 0.190. The number of likely N-dealkylation sites (N-methyl/N-ethyl adjacent to an activating group) is 1. The number of hydrogen-bond donors (Lipinski definition) is 1. The number of hydrogen-bond acceptors (Lipinski definition) is 3. The van der Waals surface area contributed by atoms with E-state index in [1.165, 1.54) is 0 Å². The molecule has 1 unspecified atom stereocenters. The molecule has 1 fully saturated rings. The molecular weight excluding hydrogens is 238 g/mol. The van der Waals surface area contributed by atoms with Crippen LogP contribution in [0.25, 0.3) is 0 Å². The van der Waals surface area contributed by atoms with Crippen molar-refractivity contribution in [3.63, 3.8) is 0 Å². The Kier molecular flexibility index (Phi) is 4.20. The molecule has 0 spiro atoms. The van der Waals surface area contributed by atoms with Crippen LogP contribution in [0.1, 0.15) is 38.8 Å². The van der Waals surface area contributed by atoms with E-state index in [2.05, 4.69) is 24.1 Å². The van der Waals surface area contributed by atoms with Crippen molar-refractivity contribution in [2.24, 2.45) is 0 Å². The third-order valence-corrected chi connectivity index (χ3v) is 3.97. The van der Waals surface area contributed by atoms with Crippen molar-refractivity contribution in [3.8, 4) is 0 Å². The number of nitrogens with one attached hydrogen (secondary N) is 1. The smallest absolute Gasteiger partial charge is 0.240 e. The molecule has 0 radical (unpaired) electrons. The van der Waals surface area contributed by atoms with Crippen molar-refractivity contribution in [1.82, 2.24) is 15.2 Å². The zero-order chi connectivity index (χ0) is 13.9. The van der Waals surface area contributed by atoms with Crippen LogP contribution in [-0.2, 0) is 11.3 Å². The number of carbonyl (C=O) groups is 1. The number of pyridine rings is 1. The van der Waals surface area contributed by atoms with Crippen molar-refractivity contribution in [1.29, 1.82) is 0 Å². The maximum atomic E-state index is 12.6. The summed E-state index contributed by atoms with van der Waals surface area (Å²) in [5.41, 5.74) is 0.834. The molecule has 0 aromatic carbocycles. The Balaban J connectivity index is 2.24. The maximum absolute atomic E-state index is 12.6. The lowest BCUT2D eigenvalue weighted by Crippen LogP contribution is -2.51. The van der Waals surface area contributed by atoms with Gasteiger partial charge < -0.3 is 10.2 Å². The van der Waals surface area contributed by atoms with Crippen LogP contribution in [0.4, 0.5) is 0 Å². The fourth-order valence-corrected chi connectivity index (χ4v) is 2.70. The molecule has 1 atom stereocenters. The van der Waals surface area contributed by atoms with Crippen LogP contribution in [0.15, 0.2) is 24.4 Å². The third kappa shape index (κ3) is 3.13. The average Bonchev–Trinajstić information content (AvgIpc) is 2.50. The molecule has 2 rings (SSSR count). The normalized spacial score (nSPS) is 23.2. The van der Waals surface area contributed by atoms with Gasteiger partial charge in [0.15, 0.2) is 0 Å². The Hall–Kier alpha value is -1.42. The molecule has 1 saturated heterocycles. The topological polar surface area (TPSA) is 45.2 Å². The highest BCUT2D eigenvalue weighted by atomic mass is 16.2. The van der Waals surface area contributed by atoms with Crippen LogP contribution in [0.5, 0.6) is 0 Å². The van der Waals surface area contributed by atoms with Crippen LogP contribution in [-0.4, -0.2) is 34.4 Å². The molecule has 19 heavy (non-hydrogen) atoms. The van der Waals surface area contributed by atoms with Gasteiger partial charge in [0.2, 0.25) is 5.91 Å². The molecule has 1 amide bonds. The van der Waals surface area contributed by atoms with Crippen LogP contribution < -0.4 is 5.32 Å². The molecule has 0 aliphatic carbocycles. The second-order valence-corrected chi connectivity index (χ2v) is 5.79. The Morgan fingerprint density at radius 1 is 1.47 bits per heavy atom. The SMILES string of the molecule is CNC1CCCC(C)(C)N(Cc2ccccn2)C1=O. The van der Waals surface area contributed by atoms with Gasteiger partial charge in [0, 0.05) is 11.7 Å². The number of carbonyl (C=O) groups excluding carboxylic acids is 1. The van der Waals surface area contributed by atoms with Crippen LogP contribution >= 0.6 is 0 Å². The first-order valence-electron chi connectivity index (χ1n) is 6.93. The Morgan fingerprint density at radius 2 is 2.26 bits per heavy atom. The standard InChI is InChI=1S/C15H23N3O/c1-15(2)9-6-8-13(16-3)14(19)18(15)11-12-7-4-5-10-17-12/h4-5,7,10,13,16H,6,8-9,11H2,1-3H3. The van der Waals surface area contributed by atoms with Crippen LogP contribution in [0, 0.1) is 0 Å². The molecule has 1 aromatic heterocycles. The summed E-state index contributed by atoms with van der Waals surface area (Å²) in [6.45, 7) is 4.88. The van der Waals surface area contributed by atoms with Gasteiger partial charge in [-0.15, -0.1) is 0 Å². The third-order valence-electron chi connectivity index (χ3n) is 3.97. The summed E-state index contributed by atoms with van der Waals surface area (Å²) >= 11 is 0. The van der Waals surface area contributed by atoms with Gasteiger partial charge in [-0.25, -0.2) is 0 Å². The van der Waals surface area contributed by atoms with E-state index in [1.54, 1.807) is 6.20 Å². The van der Waals surface area contributed by atoms with E-state index in [-0.39, 0.29) is 17.5 Å². The quantitative estimate of drug-likeness (QED) is 0.904. The van der Waals surface area contributed by atoms with E-state index < -0.39 is 0 Å². The first-order valence-corrected chi connectivity index (χ1v) is 6.93. The average molecular weight is 261 g/mol. The van der Waals surface area contributed by atoms with Crippen molar-refractivity contribution in [3.05, 3.63) is 30.1 Å². The summed E-state index contributed by atoms with van der Waals surface area (Å²) in [5, 5.41) is 3.14. The van der Waals surface area contributed by atoms with Crippen molar-refractivity contribution >= 4 is 5.91 Å². The van der Waals surface area contributed by atoms with E-state index >= 15 is 0 Å². The Labute approximate surface area is 115 Å². The summed E-state index contributed by atoms with van der Waals surface area (Å²) in [7, 11) is 1.86. The zero-order valence-corrected chi connectivity index (χ0v) is 12.0. The molecule has 1 aliphatic rings. The predicted octanol–water partition coefficient (Wildman–Crippen LogP) is 1.96. The van der Waals surface area contributed by atoms with Crippen molar-refractivity contribution < 1.29 is 4.79 Å². The minimum atomic E-state index is -0.111. The fourth-order valence-electron chi connectivity index (χ4n) is 2.70. The fraction of sp³-hybridized carbons (Fsp3) is 0.600. The molecule has 1 aliphatic heterocycles. The van der Waals surface area contributed by atoms with Crippen molar-refractivity contribution in [2.45, 2.75) is 51.2 Å². The second-order valence-electron chi connectivity index (χ2n) is 5.79. The summed E-state index contributed by atoms with van der Waals surface area (Å²) in [6.07, 6.45) is 4.80. The first-order chi connectivity index (χ1) is 9.04. The van der Waals surface area contributed by atoms with Gasteiger partial charge in [-0.3, -0.25) is 9.78 Å². The summed E-state index contributed by atoms with van der Waals surface area (Å²) in [4.78, 5) is 18.9. The zero-order valence-electron chi connectivity index (χ0n) is 12.0. The molecule has 2 heterocycles. The number of rotatable bonds is 3. The number of aromatic nitrogens is 1. The molecule has 4 nitrogen and oxygen atoms in total. The summed E-state index contributed by atoms with van der Waals surface area (Å²) < 4.78 is 0. The van der Waals surface area contributed by atoms with Gasteiger partial charge in [0.1, 0.15) is 0 Å². The van der Waals surface area contributed by atoms with E-state index in [4.69, 9.17) is 0 Å². The van der Waals surface area contributed by atoms with Crippen LogP contribution in [0.3, 0.4) is 0 Å². The lowest BCUT2D eigenvalue weighted by atomic mass is 9.96. The highest BCUT2D eigenvalue weighted by molar-refractivity contribution is 5.82. The number of amides is 1. The predicted molar refractivity (Wildman–Crippen MR) is 75.6 cm³/mol. The molecule has 4 heteroatoms. The van der Waals surface area contributed by atoms with Crippen LogP contribution in [0.2, 0.25) is 0 Å². The highest BCUT2D eigenvalue weighted by Gasteiger charge is 2.37. The maximum Gasteiger partial charge on any atom is 0.240 e. The molecule has 104 valence electrons. The second kappa shape index (κ2) is 5.70. The first kappa shape index (κ1) is 14.0. The monoisotopic (exact) mass is 261 g/mol. The highest BCUT2D eigenvalue weighted by Crippen LogP contribution is 2.28. The molecule has 0 bridgehead atoms. The lowest BCUT2D eigenvalue weighted by molar-refractivity contribution is -0.138. The van der Waals surface area contributed by atoms with E-state index in [9.17, 15) is 4.79 Å². The van der Waals surface area contributed by atoms with Gasteiger partial charge in [-0.1, -0.05) is 6.07 Å². The minimum absolute atomic E-state index is 0.0644. The van der Waals surface area contributed by atoms with Gasteiger partial charge in [-0.05, 0) is 52.3 Å². The molecule has 0 saturated carbocycles. The number of nitrogens with zero attached hydrogens (tertiary/aromatic N) is 2. The molecule has 1 aromatic rings. The lowest BCUT2D eigenvalue weighted by Gasteiger charge is -2.38. The number of likely N-dealkylation sites (tertiary alicyclic amines) is 1. The van der Waals surface area contributed by atoms with E-state index in [1.807, 2.05) is 30.1 Å². The van der Waals surface area contributed by atoms with Gasteiger partial charge in [-0.2, -0.15) is 0 Å².